The molecule has 0 fully saturated rings. The molecule has 0 unspecified atom stereocenters. The highest BCUT2D eigenvalue weighted by atomic mass is 19.1. The van der Waals surface area contributed by atoms with Crippen molar-refractivity contribution in [2.75, 3.05) is 10.6 Å². The first-order valence-corrected chi connectivity index (χ1v) is 9.32. The summed E-state index contributed by atoms with van der Waals surface area (Å²) >= 11 is 0. The number of nitrogens with zero attached hydrogens (tertiary/aromatic N) is 2. The molecule has 7 heteroatoms. The Hall–Kier alpha value is -4.00. The monoisotopic (exact) mass is 402 g/mol. The fourth-order valence-corrected chi connectivity index (χ4v) is 2.89. The van der Waals surface area contributed by atoms with Crippen LogP contribution in [0.3, 0.4) is 0 Å². The lowest BCUT2D eigenvalue weighted by Gasteiger charge is -2.14. The van der Waals surface area contributed by atoms with Crippen LogP contribution in [0.25, 0.3) is 10.9 Å². The summed E-state index contributed by atoms with van der Waals surface area (Å²) in [6.07, 6.45) is 3.11. The second kappa shape index (κ2) is 8.57. The quantitative estimate of drug-likeness (QED) is 0.475. The minimum Gasteiger partial charge on any atom is -0.487 e. The molecule has 0 spiro atoms. The first-order valence-electron chi connectivity index (χ1n) is 9.32. The summed E-state index contributed by atoms with van der Waals surface area (Å²) in [5.74, 6) is 0.150. The van der Waals surface area contributed by atoms with E-state index in [1.165, 1.54) is 18.5 Å². The van der Waals surface area contributed by atoms with Gasteiger partial charge in [0.15, 0.2) is 0 Å². The van der Waals surface area contributed by atoms with Gasteiger partial charge in [0.05, 0.1) is 11.2 Å². The predicted molar refractivity (Wildman–Crippen MR) is 114 cm³/mol. The van der Waals surface area contributed by atoms with E-state index in [9.17, 15) is 9.18 Å². The van der Waals surface area contributed by atoms with E-state index in [1.807, 2.05) is 31.2 Å². The Morgan fingerprint density at radius 2 is 1.80 bits per heavy atom. The third-order valence-corrected chi connectivity index (χ3v) is 4.47. The van der Waals surface area contributed by atoms with Gasteiger partial charge in [0.1, 0.15) is 24.5 Å². The van der Waals surface area contributed by atoms with Gasteiger partial charge in [-0.15, -0.1) is 0 Å². The van der Waals surface area contributed by atoms with Crippen LogP contribution in [0.2, 0.25) is 0 Å². The summed E-state index contributed by atoms with van der Waals surface area (Å²) in [5.41, 5.74) is 3.72. The van der Waals surface area contributed by atoms with Gasteiger partial charge in [0.2, 0.25) is 0 Å². The van der Waals surface area contributed by atoms with Crippen LogP contribution in [0.4, 0.5) is 20.6 Å². The smallest absolute Gasteiger partial charge is 0.323 e. The first-order chi connectivity index (χ1) is 14.6. The fraction of sp³-hybridized carbons (Fsp3) is 0.0870. The van der Waals surface area contributed by atoms with Crippen molar-refractivity contribution in [1.29, 1.82) is 0 Å². The third kappa shape index (κ3) is 4.70. The minimum atomic E-state index is -0.404. The van der Waals surface area contributed by atoms with Crippen molar-refractivity contribution in [3.05, 3.63) is 90.1 Å². The zero-order valence-electron chi connectivity index (χ0n) is 16.2. The summed E-state index contributed by atoms with van der Waals surface area (Å²) in [5, 5.41) is 6.38. The number of carbonyl (C=O) groups is 1. The highest BCUT2D eigenvalue weighted by Crippen LogP contribution is 2.30. The Morgan fingerprint density at radius 1 is 1.03 bits per heavy atom. The SMILES string of the molecule is Cc1ccc(NC(=O)Nc2cc3ncncc3cc2OCc2ccc(F)cc2)cc1. The van der Waals surface area contributed by atoms with E-state index < -0.39 is 6.03 Å². The number of benzene rings is 3. The zero-order chi connectivity index (χ0) is 20.9. The molecule has 0 bridgehead atoms. The van der Waals surface area contributed by atoms with Crippen LogP contribution in [0, 0.1) is 12.7 Å². The molecule has 4 aromatic rings. The molecule has 0 saturated heterocycles. The van der Waals surface area contributed by atoms with E-state index >= 15 is 0 Å². The maximum absolute atomic E-state index is 13.1. The maximum Gasteiger partial charge on any atom is 0.323 e. The molecule has 0 saturated carbocycles. The molecule has 0 atom stereocenters. The van der Waals surface area contributed by atoms with Crippen LogP contribution < -0.4 is 15.4 Å². The molecular formula is C23H19FN4O2. The van der Waals surface area contributed by atoms with E-state index in [-0.39, 0.29) is 12.4 Å². The number of carbonyl (C=O) groups excluding carboxylic acids is 1. The normalized spacial score (nSPS) is 10.6. The molecule has 1 heterocycles. The number of halogens is 1. The van der Waals surface area contributed by atoms with Crippen LogP contribution >= 0.6 is 0 Å². The number of fused-ring (bicyclic) bond motifs is 1. The number of nitrogens with one attached hydrogen (secondary N) is 2. The van der Waals surface area contributed by atoms with Gasteiger partial charge in [-0.1, -0.05) is 29.8 Å². The van der Waals surface area contributed by atoms with Crippen LogP contribution in [-0.4, -0.2) is 16.0 Å². The number of anilines is 2. The van der Waals surface area contributed by atoms with E-state index in [0.29, 0.717) is 22.6 Å². The number of rotatable bonds is 5. The van der Waals surface area contributed by atoms with Crippen molar-refractivity contribution in [3.63, 3.8) is 0 Å². The lowest BCUT2D eigenvalue weighted by Crippen LogP contribution is -2.20. The van der Waals surface area contributed by atoms with Crippen molar-refractivity contribution in [2.24, 2.45) is 0 Å². The molecule has 0 aliphatic rings. The highest BCUT2D eigenvalue weighted by Gasteiger charge is 2.12. The molecule has 0 aliphatic heterocycles. The molecule has 0 aliphatic carbocycles. The third-order valence-electron chi connectivity index (χ3n) is 4.47. The number of amides is 2. The summed E-state index contributed by atoms with van der Waals surface area (Å²) in [7, 11) is 0. The zero-order valence-corrected chi connectivity index (χ0v) is 16.2. The fourth-order valence-electron chi connectivity index (χ4n) is 2.89. The maximum atomic E-state index is 13.1. The Balaban J connectivity index is 1.56. The predicted octanol–water partition coefficient (Wildman–Crippen LogP) is 5.30. The molecule has 6 nitrogen and oxygen atoms in total. The molecular weight excluding hydrogens is 383 g/mol. The van der Waals surface area contributed by atoms with Crippen LogP contribution in [-0.2, 0) is 6.61 Å². The molecule has 150 valence electrons. The van der Waals surface area contributed by atoms with Gasteiger partial charge in [-0.3, -0.25) is 0 Å². The number of hydrogen-bond acceptors (Lipinski definition) is 4. The molecule has 1 aromatic heterocycles. The number of hydrogen-bond donors (Lipinski definition) is 2. The van der Waals surface area contributed by atoms with Crippen molar-refractivity contribution >= 4 is 28.3 Å². The topological polar surface area (TPSA) is 76.1 Å². The lowest BCUT2D eigenvalue weighted by atomic mass is 10.2. The molecule has 2 amide bonds. The van der Waals surface area contributed by atoms with Gasteiger partial charge in [0, 0.05) is 17.3 Å². The lowest BCUT2D eigenvalue weighted by molar-refractivity contribution is 0.261. The van der Waals surface area contributed by atoms with Crippen molar-refractivity contribution in [1.82, 2.24) is 9.97 Å². The minimum absolute atomic E-state index is 0.216. The van der Waals surface area contributed by atoms with Crippen LogP contribution in [0.15, 0.2) is 73.2 Å². The van der Waals surface area contributed by atoms with Gasteiger partial charge in [0.25, 0.3) is 0 Å². The van der Waals surface area contributed by atoms with E-state index in [2.05, 4.69) is 20.6 Å². The first kappa shape index (κ1) is 19.3. The van der Waals surface area contributed by atoms with Gasteiger partial charge < -0.3 is 15.4 Å². The molecule has 4 rings (SSSR count). The molecule has 30 heavy (non-hydrogen) atoms. The van der Waals surface area contributed by atoms with Gasteiger partial charge in [-0.2, -0.15) is 0 Å². The molecule has 0 radical (unpaired) electrons. The van der Waals surface area contributed by atoms with Crippen molar-refractivity contribution in [3.8, 4) is 5.75 Å². The summed E-state index contributed by atoms with van der Waals surface area (Å²) in [4.78, 5) is 20.8. The number of ether oxygens (including phenoxy) is 1. The summed E-state index contributed by atoms with van der Waals surface area (Å²) in [6.45, 7) is 2.19. The van der Waals surface area contributed by atoms with Gasteiger partial charge in [-0.05, 0) is 48.9 Å². The van der Waals surface area contributed by atoms with E-state index in [0.717, 1.165) is 16.5 Å². The Bertz CT molecular complexity index is 1180. The van der Waals surface area contributed by atoms with Crippen LogP contribution in [0.5, 0.6) is 5.75 Å². The Morgan fingerprint density at radius 3 is 2.57 bits per heavy atom. The Labute approximate surface area is 172 Å². The molecule has 3 aromatic carbocycles. The highest BCUT2D eigenvalue weighted by molar-refractivity contribution is 6.02. The second-order valence-corrected chi connectivity index (χ2v) is 6.79. The average molecular weight is 402 g/mol. The van der Waals surface area contributed by atoms with Gasteiger partial charge >= 0.3 is 6.03 Å². The summed E-state index contributed by atoms with van der Waals surface area (Å²) < 4.78 is 19.0. The summed E-state index contributed by atoms with van der Waals surface area (Å²) in [6, 6.07) is 16.6. The van der Waals surface area contributed by atoms with E-state index in [4.69, 9.17) is 4.74 Å². The van der Waals surface area contributed by atoms with Crippen LogP contribution in [0.1, 0.15) is 11.1 Å². The Kier molecular flexibility index (Phi) is 5.52. The average Bonchev–Trinajstić information content (AvgIpc) is 2.75. The van der Waals surface area contributed by atoms with Gasteiger partial charge in [-0.25, -0.2) is 19.2 Å². The van der Waals surface area contributed by atoms with Crippen molar-refractivity contribution in [2.45, 2.75) is 13.5 Å². The number of aryl methyl sites for hydroxylation is 1. The number of urea groups is 1. The number of aromatic nitrogens is 2. The second-order valence-electron chi connectivity index (χ2n) is 6.79. The van der Waals surface area contributed by atoms with Crippen molar-refractivity contribution < 1.29 is 13.9 Å². The molecule has 2 N–H and O–H groups in total. The largest absolute Gasteiger partial charge is 0.487 e. The standard InChI is InChI=1S/C23H19FN4O2/c1-15-2-8-19(9-3-15)27-23(29)28-21-11-20-17(12-25-14-26-20)10-22(21)30-13-16-4-6-18(24)7-5-16/h2-12,14H,13H2,1H3,(H2,27,28,29). The van der Waals surface area contributed by atoms with E-state index in [1.54, 1.807) is 30.5 Å².